The Kier molecular flexibility index (Phi) is 5.32. The maximum absolute atomic E-state index is 11.8. The minimum absolute atomic E-state index is 0.0946. The van der Waals surface area contributed by atoms with Gasteiger partial charge in [-0.25, -0.2) is 9.59 Å². The van der Waals surface area contributed by atoms with E-state index >= 15 is 0 Å². The summed E-state index contributed by atoms with van der Waals surface area (Å²) in [6.07, 6.45) is 0. The van der Waals surface area contributed by atoms with Crippen LogP contribution in [0.1, 0.15) is 27.6 Å². The molecule has 0 aliphatic rings. The normalized spacial score (nSPS) is 11.6. The molecule has 104 valence electrons. The monoisotopic (exact) mass is 267 g/mol. The number of benzene rings is 1. The Balaban J connectivity index is 3.30. The fourth-order valence-corrected chi connectivity index (χ4v) is 1.59. The molecule has 1 aromatic carbocycles. The highest BCUT2D eigenvalue weighted by Crippen LogP contribution is 2.22. The van der Waals surface area contributed by atoms with E-state index in [9.17, 15) is 9.59 Å². The molecule has 0 aliphatic heterocycles. The molecule has 0 heterocycles. The number of esters is 2. The van der Waals surface area contributed by atoms with E-state index in [0.29, 0.717) is 5.69 Å². The van der Waals surface area contributed by atoms with Crippen LogP contribution in [0.3, 0.4) is 0 Å². The van der Waals surface area contributed by atoms with Gasteiger partial charge in [-0.3, -0.25) is 0 Å². The van der Waals surface area contributed by atoms with Crippen LogP contribution < -0.4 is 5.32 Å². The second-order valence-electron chi connectivity index (χ2n) is 3.94. The molecule has 2 N–H and O–H groups in total. The molecule has 6 nitrogen and oxygen atoms in total. The lowest BCUT2D eigenvalue weighted by molar-refractivity contribution is 0.0556. The third-order valence-electron chi connectivity index (χ3n) is 2.54. The van der Waals surface area contributed by atoms with Gasteiger partial charge in [0.05, 0.1) is 32.0 Å². The van der Waals surface area contributed by atoms with Crippen molar-refractivity contribution in [1.82, 2.24) is 0 Å². The van der Waals surface area contributed by atoms with Crippen molar-refractivity contribution in [2.75, 3.05) is 26.1 Å². The summed E-state index contributed by atoms with van der Waals surface area (Å²) in [7, 11) is 2.47. The largest absolute Gasteiger partial charge is 0.465 e. The molecule has 6 heteroatoms. The number of aliphatic hydroxyl groups excluding tert-OH is 1. The molecule has 0 aromatic heterocycles. The third-order valence-corrected chi connectivity index (χ3v) is 2.54. The molecule has 19 heavy (non-hydrogen) atoms. The Bertz CT molecular complexity index is 472. The van der Waals surface area contributed by atoms with Crippen LogP contribution in [0.4, 0.5) is 5.69 Å². The molecule has 0 saturated carbocycles. The highest BCUT2D eigenvalue weighted by molar-refractivity contribution is 6.07. The van der Waals surface area contributed by atoms with Gasteiger partial charge in [0.2, 0.25) is 0 Å². The van der Waals surface area contributed by atoms with Crippen molar-refractivity contribution in [3.05, 3.63) is 29.3 Å². The van der Waals surface area contributed by atoms with Gasteiger partial charge in [-0.1, -0.05) is 6.07 Å². The molecule has 0 aliphatic carbocycles. The van der Waals surface area contributed by atoms with E-state index in [4.69, 9.17) is 5.11 Å². The first-order valence-electron chi connectivity index (χ1n) is 5.72. The number of aliphatic hydroxyl groups is 1. The van der Waals surface area contributed by atoms with Crippen molar-refractivity contribution in [1.29, 1.82) is 0 Å². The number of hydrogen-bond donors (Lipinski definition) is 2. The van der Waals surface area contributed by atoms with Crippen LogP contribution in [-0.2, 0) is 9.47 Å². The second-order valence-corrected chi connectivity index (χ2v) is 3.94. The number of hydrogen-bond acceptors (Lipinski definition) is 6. The molecular weight excluding hydrogens is 250 g/mol. The summed E-state index contributed by atoms with van der Waals surface area (Å²) in [6.45, 7) is 1.63. The van der Waals surface area contributed by atoms with E-state index in [1.165, 1.54) is 20.3 Å². The molecule has 0 fully saturated rings. The number of methoxy groups -OCH3 is 2. The zero-order valence-corrected chi connectivity index (χ0v) is 11.1. The number of nitrogens with one attached hydrogen (secondary N) is 1. The lowest BCUT2D eigenvalue weighted by Crippen LogP contribution is -2.22. The van der Waals surface area contributed by atoms with Crippen molar-refractivity contribution in [3.8, 4) is 0 Å². The van der Waals surface area contributed by atoms with Crippen molar-refractivity contribution in [2.45, 2.75) is 13.0 Å². The fourth-order valence-electron chi connectivity index (χ4n) is 1.59. The summed E-state index contributed by atoms with van der Waals surface area (Å²) < 4.78 is 9.31. The van der Waals surface area contributed by atoms with Gasteiger partial charge in [0.1, 0.15) is 0 Å². The zero-order chi connectivity index (χ0) is 14.4. The number of rotatable bonds is 5. The molecule has 1 aromatic rings. The molecule has 1 unspecified atom stereocenters. The lowest BCUT2D eigenvalue weighted by atomic mass is 10.0. The van der Waals surface area contributed by atoms with Gasteiger partial charge in [-0.05, 0) is 19.1 Å². The summed E-state index contributed by atoms with van der Waals surface area (Å²) in [5.41, 5.74) is 0.623. The van der Waals surface area contributed by atoms with E-state index in [1.807, 2.05) is 0 Å². The fraction of sp³-hybridized carbons (Fsp3) is 0.385. The van der Waals surface area contributed by atoms with Crippen LogP contribution in [0.25, 0.3) is 0 Å². The zero-order valence-electron chi connectivity index (χ0n) is 11.1. The maximum Gasteiger partial charge on any atom is 0.340 e. The molecule has 0 saturated heterocycles. The molecule has 0 bridgehead atoms. The predicted octanol–water partition coefficient (Wildman–Crippen LogP) is 1.05. The topological polar surface area (TPSA) is 84.9 Å². The Hall–Kier alpha value is -2.08. The third kappa shape index (κ3) is 3.45. The second kappa shape index (κ2) is 6.75. The van der Waals surface area contributed by atoms with Crippen LogP contribution in [0.5, 0.6) is 0 Å². The highest BCUT2D eigenvalue weighted by Gasteiger charge is 2.22. The van der Waals surface area contributed by atoms with E-state index in [2.05, 4.69) is 14.8 Å². The highest BCUT2D eigenvalue weighted by atomic mass is 16.5. The van der Waals surface area contributed by atoms with Gasteiger partial charge >= 0.3 is 11.9 Å². The van der Waals surface area contributed by atoms with E-state index in [1.54, 1.807) is 19.1 Å². The molecule has 1 rings (SSSR count). The van der Waals surface area contributed by atoms with Crippen LogP contribution >= 0.6 is 0 Å². The Morgan fingerprint density at radius 2 is 1.89 bits per heavy atom. The summed E-state index contributed by atoms with van der Waals surface area (Å²) >= 11 is 0. The molecular formula is C13H17NO5. The average Bonchev–Trinajstić information content (AvgIpc) is 2.45. The van der Waals surface area contributed by atoms with Gasteiger partial charge in [0, 0.05) is 11.7 Å². The van der Waals surface area contributed by atoms with E-state index < -0.39 is 11.9 Å². The van der Waals surface area contributed by atoms with Crippen LogP contribution in [0.2, 0.25) is 0 Å². The van der Waals surface area contributed by atoms with E-state index in [0.717, 1.165) is 0 Å². The molecule has 1 atom stereocenters. The summed E-state index contributed by atoms with van der Waals surface area (Å²) in [6, 6.07) is 4.46. The first-order valence-corrected chi connectivity index (χ1v) is 5.72. The van der Waals surface area contributed by atoms with Crippen LogP contribution in [0, 0.1) is 0 Å². The Morgan fingerprint density at radius 3 is 2.42 bits per heavy atom. The van der Waals surface area contributed by atoms with Crippen molar-refractivity contribution in [2.24, 2.45) is 0 Å². The number of anilines is 1. The van der Waals surface area contributed by atoms with Crippen LogP contribution in [-0.4, -0.2) is 43.9 Å². The quantitative estimate of drug-likeness (QED) is 0.776. The smallest absolute Gasteiger partial charge is 0.340 e. The number of carbonyl (C=O) groups is 2. The van der Waals surface area contributed by atoms with Gasteiger partial charge in [-0.15, -0.1) is 0 Å². The maximum atomic E-state index is 11.8. The summed E-state index contributed by atoms with van der Waals surface area (Å²) in [5, 5.41) is 12.0. The van der Waals surface area contributed by atoms with Gasteiger partial charge in [0.25, 0.3) is 0 Å². The van der Waals surface area contributed by atoms with Crippen molar-refractivity contribution < 1.29 is 24.2 Å². The van der Waals surface area contributed by atoms with Gasteiger partial charge in [-0.2, -0.15) is 0 Å². The van der Waals surface area contributed by atoms with Gasteiger partial charge in [0.15, 0.2) is 0 Å². The number of ether oxygens (including phenoxy) is 2. The first kappa shape index (κ1) is 15.0. The van der Waals surface area contributed by atoms with Crippen molar-refractivity contribution in [3.63, 3.8) is 0 Å². The SMILES string of the molecule is COC(=O)c1cccc(NC(C)CO)c1C(=O)OC. The average molecular weight is 267 g/mol. The summed E-state index contributed by atoms with van der Waals surface area (Å²) in [4.78, 5) is 23.5. The van der Waals surface area contributed by atoms with Crippen LogP contribution in [0.15, 0.2) is 18.2 Å². The Morgan fingerprint density at radius 1 is 1.26 bits per heavy atom. The minimum atomic E-state index is -0.645. The molecule has 0 amide bonds. The minimum Gasteiger partial charge on any atom is -0.465 e. The Labute approximate surface area is 111 Å². The summed E-state index contributed by atoms with van der Waals surface area (Å²) in [5.74, 6) is -1.27. The predicted molar refractivity (Wildman–Crippen MR) is 69.3 cm³/mol. The molecule has 0 spiro atoms. The van der Waals surface area contributed by atoms with E-state index in [-0.39, 0.29) is 23.8 Å². The first-order chi connectivity index (χ1) is 9.04. The standard InChI is InChI=1S/C13H17NO5/c1-8(7-15)14-10-6-4-5-9(12(16)18-2)11(10)13(17)19-3/h4-6,8,14-15H,7H2,1-3H3. The molecule has 0 radical (unpaired) electrons. The van der Waals surface area contributed by atoms with Crippen molar-refractivity contribution >= 4 is 17.6 Å². The number of carbonyl (C=O) groups excluding carboxylic acids is 2. The lowest BCUT2D eigenvalue weighted by Gasteiger charge is -2.17. The van der Waals surface area contributed by atoms with Gasteiger partial charge < -0.3 is 19.9 Å².